The third kappa shape index (κ3) is 4.17. The van der Waals surface area contributed by atoms with Crippen LogP contribution in [-0.4, -0.2) is 23.6 Å². The van der Waals surface area contributed by atoms with Crippen molar-refractivity contribution in [3.8, 4) is 6.07 Å². The largest absolute Gasteiger partial charge is 0.351 e. The van der Waals surface area contributed by atoms with Crippen LogP contribution in [-0.2, 0) is 0 Å². The van der Waals surface area contributed by atoms with Crippen LogP contribution in [0.4, 0.5) is 5.69 Å². The van der Waals surface area contributed by atoms with Crippen molar-refractivity contribution in [3.63, 3.8) is 0 Å². The van der Waals surface area contributed by atoms with Gasteiger partial charge in [0.15, 0.2) is 5.11 Å². The number of hydrogen-bond acceptors (Lipinski definition) is 2. The smallest absolute Gasteiger partial charge is 0.173 e. The molecule has 0 bridgehead atoms. The second kappa shape index (κ2) is 6.46. The standard InChI is InChI=1S/C11H12BrN3S/c1-15(8-2-7-13)11(16)14-10-5-3-9(12)4-6-10/h3-6H,2,8H2,1H3,(H,14,16). The number of anilines is 1. The number of thiocarbonyl (C=S) groups is 1. The molecule has 0 aliphatic rings. The van der Waals surface area contributed by atoms with Crippen LogP contribution in [0.1, 0.15) is 6.42 Å². The van der Waals surface area contributed by atoms with E-state index in [9.17, 15) is 0 Å². The van der Waals surface area contributed by atoms with Crippen LogP contribution in [0.5, 0.6) is 0 Å². The van der Waals surface area contributed by atoms with Crippen LogP contribution >= 0.6 is 28.1 Å². The number of nitrogens with zero attached hydrogens (tertiary/aromatic N) is 2. The number of benzene rings is 1. The molecule has 1 rings (SSSR count). The van der Waals surface area contributed by atoms with E-state index in [0.29, 0.717) is 18.1 Å². The predicted molar refractivity (Wildman–Crippen MR) is 73.2 cm³/mol. The van der Waals surface area contributed by atoms with Gasteiger partial charge >= 0.3 is 0 Å². The molecule has 0 amide bonds. The van der Waals surface area contributed by atoms with Crippen LogP contribution in [0, 0.1) is 11.3 Å². The maximum atomic E-state index is 8.47. The zero-order chi connectivity index (χ0) is 12.0. The fourth-order valence-corrected chi connectivity index (χ4v) is 1.54. The molecule has 0 aliphatic carbocycles. The summed E-state index contributed by atoms with van der Waals surface area (Å²) in [7, 11) is 1.87. The highest BCUT2D eigenvalue weighted by atomic mass is 79.9. The lowest BCUT2D eigenvalue weighted by Crippen LogP contribution is -2.31. The van der Waals surface area contributed by atoms with E-state index in [-0.39, 0.29) is 0 Å². The second-order valence-electron chi connectivity index (χ2n) is 3.27. The molecular weight excluding hydrogens is 286 g/mol. The van der Waals surface area contributed by atoms with Gasteiger partial charge in [0.25, 0.3) is 0 Å². The first-order valence-corrected chi connectivity index (χ1v) is 5.98. The van der Waals surface area contributed by atoms with Gasteiger partial charge < -0.3 is 10.2 Å². The van der Waals surface area contributed by atoms with Gasteiger partial charge in [-0.25, -0.2) is 0 Å². The van der Waals surface area contributed by atoms with Crippen molar-refractivity contribution in [1.82, 2.24) is 4.90 Å². The Bertz CT molecular complexity index is 397. The molecule has 0 aromatic heterocycles. The lowest BCUT2D eigenvalue weighted by atomic mass is 10.3. The van der Waals surface area contributed by atoms with Crippen molar-refractivity contribution in [2.75, 3.05) is 18.9 Å². The minimum Gasteiger partial charge on any atom is -0.351 e. The van der Waals surface area contributed by atoms with Gasteiger partial charge in [-0.1, -0.05) is 15.9 Å². The molecule has 0 unspecified atom stereocenters. The predicted octanol–water partition coefficient (Wildman–Crippen LogP) is 2.99. The SMILES string of the molecule is CN(CCC#N)C(=S)Nc1ccc(Br)cc1. The van der Waals surface area contributed by atoms with E-state index < -0.39 is 0 Å². The highest BCUT2D eigenvalue weighted by Crippen LogP contribution is 2.14. The van der Waals surface area contributed by atoms with E-state index in [0.717, 1.165) is 10.2 Å². The van der Waals surface area contributed by atoms with Gasteiger partial charge in [-0.15, -0.1) is 0 Å². The number of nitriles is 1. The summed E-state index contributed by atoms with van der Waals surface area (Å²) in [5.74, 6) is 0. The molecule has 5 heteroatoms. The average molecular weight is 298 g/mol. The van der Waals surface area contributed by atoms with E-state index >= 15 is 0 Å². The number of nitrogens with one attached hydrogen (secondary N) is 1. The van der Waals surface area contributed by atoms with Crippen molar-refractivity contribution in [2.45, 2.75) is 6.42 Å². The number of rotatable bonds is 3. The molecule has 3 nitrogen and oxygen atoms in total. The molecule has 1 aromatic rings. The molecule has 0 atom stereocenters. The summed E-state index contributed by atoms with van der Waals surface area (Å²) in [4.78, 5) is 1.85. The van der Waals surface area contributed by atoms with Gasteiger partial charge in [-0.2, -0.15) is 5.26 Å². The molecule has 0 aliphatic heterocycles. The van der Waals surface area contributed by atoms with Crippen molar-refractivity contribution in [2.24, 2.45) is 0 Å². The minimum absolute atomic E-state index is 0.471. The topological polar surface area (TPSA) is 39.1 Å². The summed E-state index contributed by atoms with van der Waals surface area (Å²) in [6.07, 6.45) is 0.471. The molecule has 1 N–H and O–H groups in total. The normalized spacial score (nSPS) is 9.31. The Morgan fingerprint density at radius 2 is 2.12 bits per heavy atom. The number of hydrogen-bond donors (Lipinski definition) is 1. The lowest BCUT2D eigenvalue weighted by Gasteiger charge is -2.19. The van der Waals surface area contributed by atoms with Crippen molar-refractivity contribution < 1.29 is 0 Å². The van der Waals surface area contributed by atoms with Gasteiger partial charge in [0.2, 0.25) is 0 Å². The molecule has 0 saturated carbocycles. The monoisotopic (exact) mass is 297 g/mol. The quantitative estimate of drug-likeness (QED) is 0.871. The molecule has 0 radical (unpaired) electrons. The molecule has 1 aromatic carbocycles. The molecular formula is C11H12BrN3S. The van der Waals surface area contributed by atoms with E-state index in [2.05, 4.69) is 27.3 Å². The zero-order valence-electron chi connectivity index (χ0n) is 8.90. The van der Waals surface area contributed by atoms with Gasteiger partial charge in [0.05, 0.1) is 12.5 Å². The number of halogens is 1. The average Bonchev–Trinajstić information content (AvgIpc) is 2.29. The Morgan fingerprint density at radius 3 is 2.69 bits per heavy atom. The Morgan fingerprint density at radius 1 is 1.50 bits per heavy atom. The highest BCUT2D eigenvalue weighted by Gasteiger charge is 2.03. The minimum atomic E-state index is 0.471. The molecule has 0 heterocycles. The first-order valence-electron chi connectivity index (χ1n) is 4.78. The van der Waals surface area contributed by atoms with Gasteiger partial charge in [-0.05, 0) is 36.5 Å². The van der Waals surface area contributed by atoms with Crippen LogP contribution < -0.4 is 5.32 Å². The first kappa shape index (κ1) is 12.9. The Kier molecular flexibility index (Phi) is 5.23. The molecule has 0 spiro atoms. The second-order valence-corrected chi connectivity index (χ2v) is 4.57. The third-order valence-corrected chi connectivity index (χ3v) is 2.94. The van der Waals surface area contributed by atoms with Crippen molar-refractivity contribution in [3.05, 3.63) is 28.7 Å². The first-order chi connectivity index (χ1) is 7.63. The van der Waals surface area contributed by atoms with Crippen molar-refractivity contribution >= 4 is 38.9 Å². The van der Waals surface area contributed by atoms with E-state index in [1.54, 1.807) is 0 Å². The fraction of sp³-hybridized carbons (Fsp3) is 0.273. The van der Waals surface area contributed by atoms with Crippen LogP contribution in [0.25, 0.3) is 0 Å². The van der Waals surface area contributed by atoms with Crippen molar-refractivity contribution in [1.29, 1.82) is 5.26 Å². The van der Waals surface area contributed by atoms with Gasteiger partial charge in [0.1, 0.15) is 0 Å². The van der Waals surface area contributed by atoms with Crippen LogP contribution in [0.3, 0.4) is 0 Å². The maximum absolute atomic E-state index is 8.47. The Labute approximate surface area is 109 Å². The van der Waals surface area contributed by atoms with Gasteiger partial charge in [-0.3, -0.25) is 0 Å². The fourth-order valence-electron chi connectivity index (χ4n) is 1.07. The van der Waals surface area contributed by atoms with E-state index in [1.807, 2.05) is 36.2 Å². The summed E-state index contributed by atoms with van der Waals surface area (Å²) < 4.78 is 1.03. The third-order valence-electron chi connectivity index (χ3n) is 2.00. The van der Waals surface area contributed by atoms with E-state index in [4.69, 9.17) is 17.5 Å². The zero-order valence-corrected chi connectivity index (χ0v) is 11.3. The summed E-state index contributed by atoms with van der Waals surface area (Å²) in [6.45, 7) is 0.638. The van der Waals surface area contributed by atoms with E-state index in [1.165, 1.54) is 0 Å². The molecule has 16 heavy (non-hydrogen) atoms. The van der Waals surface area contributed by atoms with Gasteiger partial charge in [0, 0.05) is 23.8 Å². The molecule has 0 saturated heterocycles. The highest BCUT2D eigenvalue weighted by molar-refractivity contribution is 9.10. The molecule has 84 valence electrons. The summed E-state index contributed by atoms with van der Waals surface area (Å²) in [5, 5.41) is 12.2. The van der Waals surface area contributed by atoms with Crippen LogP contribution in [0.2, 0.25) is 0 Å². The Hall–Kier alpha value is -1.12. The summed E-state index contributed by atoms with van der Waals surface area (Å²) in [5.41, 5.74) is 0.942. The Balaban J connectivity index is 2.51. The summed E-state index contributed by atoms with van der Waals surface area (Å²) in [6, 6.07) is 9.86. The molecule has 0 fully saturated rings. The van der Waals surface area contributed by atoms with Crippen LogP contribution in [0.15, 0.2) is 28.7 Å². The summed E-state index contributed by atoms with van der Waals surface area (Å²) >= 11 is 8.57. The lowest BCUT2D eigenvalue weighted by molar-refractivity contribution is 0.523. The maximum Gasteiger partial charge on any atom is 0.173 e.